The summed E-state index contributed by atoms with van der Waals surface area (Å²) in [5.74, 6) is -2.06. The molecule has 32 heavy (non-hydrogen) atoms. The Morgan fingerprint density at radius 1 is 1.31 bits per heavy atom. The quantitative estimate of drug-likeness (QED) is 0.179. The van der Waals surface area contributed by atoms with E-state index in [4.69, 9.17) is 13.9 Å². The van der Waals surface area contributed by atoms with Crippen LogP contribution in [0, 0.1) is 11.8 Å². The lowest BCUT2D eigenvalue weighted by Gasteiger charge is -2.45. The molecule has 3 atom stereocenters. The zero-order valence-electron chi connectivity index (χ0n) is 21.4. The van der Waals surface area contributed by atoms with Crippen molar-refractivity contribution in [2.75, 3.05) is 13.7 Å². The predicted octanol–water partition coefficient (Wildman–Crippen LogP) is 4.95. The first-order valence-corrected chi connectivity index (χ1v) is 14.2. The summed E-state index contributed by atoms with van der Waals surface area (Å²) in [4.78, 5) is 25.6. The highest BCUT2D eigenvalue weighted by molar-refractivity contribution is 6.74. The Morgan fingerprint density at radius 2 is 1.91 bits per heavy atom. The Bertz CT molecular complexity index is 772. The van der Waals surface area contributed by atoms with E-state index in [0.29, 0.717) is 0 Å². The van der Waals surface area contributed by atoms with Gasteiger partial charge in [-0.25, -0.2) is 4.79 Å². The highest BCUT2D eigenvalue weighted by Gasteiger charge is 2.52. The monoisotopic (exact) mass is 466 g/mol. The molecule has 0 spiro atoms. The van der Waals surface area contributed by atoms with Gasteiger partial charge in [0.1, 0.15) is 11.5 Å². The first-order valence-electron chi connectivity index (χ1n) is 11.3. The number of hydrogen-bond donors (Lipinski definition) is 1. The molecule has 0 aliphatic heterocycles. The smallest absolute Gasteiger partial charge is 0.336 e. The largest absolute Gasteiger partial charge is 0.466 e. The molecule has 1 rings (SSSR count). The molecule has 0 unspecified atom stereocenters. The van der Waals surface area contributed by atoms with E-state index in [1.54, 1.807) is 19.1 Å². The van der Waals surface area contributed by atoms with E-state index < -0.39 is 37.9 Å². The lowest BCUT2D eigenvalue weighted by atomic mass is 9.71. The summed E-state index contributed by atoms with van der Waals surface area (Å²) in [5, 5.41) is 11.9. The van der Waals surface area contributed by atoms with Crippen LogP contribution < -0.4 is 0 Å². The highest BCUT2D eigenvalue weighted by Crippen LogP contribution is 2.44. The summed E-state index contributed by atoms with van der Waals surface area (Å²) in [6.45, 7) is 18.5. The highest BCUT2D eigenvalue weighted by atomic mass is 28.4. The molecule has 1 N–H and O–H groups in total. The normalized spacial score (nSPS) is 25.1. The third kappa shape index (κ3) is 6.65. The maximum absolute atomic E-state index is 12.9. The van der Waals surface area contributed by atoms with Crippen LogP contribution in [0.2, 0.25) is 18.1 Å². The molecule has 0 aromatic heterocycles. The van der Waals surface area contributed by atoms with Gasteiger partial charge in [-0.2, -0.15) is 0 Å². The summed E-state index contributed by atoms with van der Waals surface area (Å²) < 4.78 is 16.8. The van der Waals surface area contributed by atoms with Crippen molar-refractivity contribution in [3.05, 3.63) is 35.5 Å². The number of carbonyl (C=O) groups excluding carboxylic acids is 2. The summed E-state index contributed by atoms with van der Waals surface area (Å²) >= 11 is 0. The second-order valence-electron chi connectivity index (χ2n) is 10.3. The number of ether oxygens (including phenoxy) is 2. The second kappa shape index (κ2) is 10.9. The number of allylic oxidation sites excluding steroid dienone is 3. The molecule has 6 nitrogen and oxygen atoms in total. The Morgan fingerprint density at radius 3 is 2.38 bits per heavy atom. The van der Waals surface area contributed by atoms with Crippen LogP contribution >= 0.6 is 0 Å². The number of hydrogen-bond acceptors (Lipinski definition) is 6. The molecule has 0 fully saturated rings. The van der Waals surface area contributed by atoms with Gasteiger partial charge in [0.2, 0.25) is 0 Å². The average molecular weight is 467 g/mol. The van der Waals surface area contributed by atoms with Crippen LogP contribution in [-0.2, 0) is 23.5 Å². The minimum absolute atomic E-state index is 0.0162. The van der Waals surface area contributed by atoms with Gasteiger partial charge in [-0.3, -0.25) is 4.79 Å². The minimum atomic E-state index is -2.19. The van der Waals surface area contributed by atoms with E-state index in [2.05, 4.69) is 33.9 Å². The van der Waals surface area contributed by atoms with Gasteiger partial charge in [0.25, 0.3) is 0 Å². The summed E-state index contributed by atoms with van der Waals surface area (Å²) in [7, 11) is -0.927. The minimum Gasteiger partial charge on any atom is -0.466 e. The topological polar surface area (TPSA) is 82.1 Å². The van der Waals surface area contributed by atoms with Crippen molar-refractivity contribution in [1.82, 2.24) is 0 Å². The first kappa shape index (κ1) is 28.3. The van der Waals surface area contributed by atoms with Gasteiger partial charge >= 0.3 is 11.9 Å². The van der Waals surface area contributed by atoms with E-state index in [9.17, 15) is 14.7 Å². The second-order valence-corrected chi connectivity index (χ2v) is 15.1. The fourth-order valence-corrected chi connectivity index (χ4v) is 4.73. The first-order chi connectivity index (χ1) is 14.6. The summed E-state index contributed by atoms with van der Waals surface area (Å²) in [6.07, 6.45) is 6.46. The number of aliphatic hydroxyl groups is 1. The van der Waals surface area contributed by atoms with Crippen LogP contribution in [0.25, 0.3) is 0 Å². The van der Waals surface area contributed by atoms with Gasteiger partial charge in [-0.1, -0.05) is 52.8 Å². The van der Waals surface area contributed by atoms with E-state index in [1.807, 2.05) is 26.8 Å². The van der Waals surface area contributed by atoms with Crippen molar-refractivity contribution in [1.29, 1.82) is 0 Å². The average Bonchev–Trinajstić information content (AvgIpc) is 2.66. The van der Waals surface area contributed by atoms with Crippen molar-refractivity contribution in [2.45, 2.75) is 84.7 Å². The lowest BCUT2D eigenvalue weighted by Crippen LogP contribution is -2.54. The van der Waals surface area contributed by atoms with E-state index >= 15 is 0 Å². The van der Waals surface area contributed by atoms with Crippen molar-refractivity contribution < 1.29 is 28.6 Å². The SMILES string of the molecule is CCOC(=O)[C@@H]1C=C(C)[C@@H](O[Si](C)(C)C(C)(C)C)C[C@@]1(O)/C(=C/C=C\C(C)C)C(=O)OC. The molecule has 0 amide bonds. The molecule has 0 aromatic rings. The third-order valence-electron chi connectivity index (χ3n) is 6.36. The molecule has 7 heteroatoms. The molecule has 0 bridgehead atoms. The van der Waals surface area contributed by atoms with Gasteiger partial charge in [-0.15, -0.1) is 0 Å². The van der Waals surface area contributed by atoms with E-state index in [1.165, 1.54) is 13.2 Å². The molecule has 182 valence electrons. The van der Waals surface area contributed by atoms with E-state index in [0.717, 1.165) is 5.57 Å². The Hall–Kier alpha value is -1.70. The number of carbonyl (C=O) groups is 2. The van der Waals surface area contributed by atoms with Crippen molar-refractivity contribution in [3.63, 3.8) is 0 Å². The molecule has 0 saturated heterocycles. The van der Waals surface area contributed by atoms with Crippen LogP contribution in [0.4, 0.5) is 0 Å². The number of methoxy groups -OCH3 is 1. The fourth-order valence-electron chi connectivity index (χ4n) is 3.39. The van der Waals surface area contributed by atoms with Gasteiger partial charge in [0.05, 0.1) is 25.4 Å². The molecule has 1 aliphatic carbocycles. The molecule has 0 saturated carbocycles. The molecule has 1 aliphatic rings. The van der Waals surface area contributed by atoms with Crippen LogP contribution in [0.1, 0.15) is 54.9 Å². The molecular weight excluding hydrogens is 424 g/mol. The van der Waals surface area contributed by atoms with Crippen molar-refractivity contribution >= 4 is 20.3 Å². The maximum Gasteiger partial charge on any atom is 0.336 e. The zero-order chi connectivity index (χ0) is 24.9. The molecule has 0 aromatic carbocycles. The Labute approximate surface area is 194 Å². The van der Waals surface area contributed by atoms with Crippen LogP contribution in [0.5, 0.6) is 0 Å². The third-order valence-corrected chi connectivity index (χ3v) is 10.8. The summed E-state index contributed by atoms with van der Waals surface area (Å²) in [5.41, 5.74) is -0.963. The van der Waals surface area contributed by atoms with Gasteiger partial charge in [0, 0.05) is 6.42 Å². The maximum atomic E-state index is 12.9. The van der Waals surface area contributed by atoms with Crippen LogP contribution in [-0.4, -0.2) is 50.8 Å². The van der Waals surface area contributed by atoms with Gasteiger partial charge in [0.15, 0.2) is 8.32 Å². The standard InChI is InChI=1S/C25H42O6Si/c1-11-30-23(27)20-15-18(4)21(31-32(9,10)24(5,6)7)16-25(20,28)19(22(26)29-8)14-12-13-17(2)3/h12-15,17,20-21,28H,11,16H2,1-10H3/b13-12-,19-14+/t20-,21-,25+/m0/s1. The van der Waals surface area contributed by atoms with Crippen LogP contribution in [0.3, 0.4) is 0 Å². The van der Waals surface area contributed by atoms with Crippen molar-refractivity contribution in [3.8, 4) is 0 Å². The molecule has 0 radical (unpaired) electrons. The van der Waals surface area contributed by atoms with Gasteiger partial charge < -0.3 is 19.0 Å². The van der Waals surface area contributed by atoms with E-state index in [-0.39, 0.29) is 29.6 Å². The van der Waals surface area contributed by atoms with Crippen LogP contribution in [0.15, 0.2) is 35.5 Å². The Balaban J connectivity index is 3.61. The Kier molecular flexibility index (Phi) is 9.69. The number of esters is 2. The summed E-state index contributed by atoms with van der Waals surface area (Å²) in [6, 6.07) is 0. The van der Waals surface area contributed by atoms with Gasteiger partial charge in [-0.05, 0) is 49.5 Å². The predicted molar refractivity (Wildman–Crippen MR) is 130 cm³/mol. The number of rotatable bonds is 8. The molecule has 0 heterocycles. The lowest BCUT2D eigenvalue weighted by molar-refractivity contribution is -0.156. The molecular formula is C25H42O6Si. The zero-order valence-corrected chi connectivity index (χ0v) is 22.4. The fraction of sp³-hybridized carbons (Fsp3) is 0.680. The van der Waals surface area contributed by atoms with Crippen molar-refractivity contribution in [2.24, 2.45) is 11.8 Å².